The minimum atomic E-state index is 0.520. The van der Waals surface area contributed by atoms with Gasteiger partial charge in [0, 0.05) is 17.3 Å². The first-order chi connectivity index (χ1) is 9.34. The summed E-state index contributed by atoms with van der Waals surface area (Å²) < 4.78 is 0. The predicted octanol–water partition coefficient (Wildman–Crippen LogP) is 2.55. The number of benzene rings is 1. The van der Waals surface area contributed by atoms with Crippen LogP contribution in [0.5, 0.6) is 0 Å². The number of aromatic nitrogens is 2. The van der Waals surface area contributed by atoms with E-state index in [1.165, 1.54) is 11.1 Å². The van der Waals surface area contributed by atoms with Crippen molar-refractivity contribution in [1.82, 2.24) is 15.5 Å². The van der Waals surface area contributed by atoms with Gasteiger partial charge in [0.15, 0.2) is 5.82 Å². The SMILES string of the molecule is Cc1[nH]nc(NC2CCNCC2)c1-c1ccccc1. The zero-order valence-electron chi connectivity index (χ0n) is 11.2. The molecule has 0 bridgehead atoms. The van der Waals surface area contributed by atoms with E-state index in [4.69, 9.17) is 0 Å². The third-order valence-corrected chi connectivity index (χ3v) is 3.69. The first-order valence-electron chi connectivity index (χ1n) is 6.92. The van der Waals surface area contributed by atoms with Gasteiger partial charge in [-0.2, -0.15) is 5.10 Å². The lowest BCUT2D eigenvalue weighted by Gasteiger charge is -2.24. The summed E-state index contributed by atoms with van der Waals surface area (Å²) in [6.45, 7) is 4.24. The number of nitrogens with zero attached hydrogens (tertiary/aromatic N) is 1. The Kier molecular flexibility index (Phi) is 3.51. The largest absolute Gasteiger partial charge is 0.365 e. The normalized spacial score (nSPS) is 16.5. The molecule has 2 heterocycles. The number of H-pyrrole nitrogens is 1. The quantitative estimate of drug-likeness (QED) is 0.791. The molecule has 1 aromatic carbocycles. The van der Waals surface area contributed by atoms with Crippen molar-refractivity contribution in [3.8, 4) is 11.1 Å². The van der Waals surface area contributed by atoms with Crippen molar-refractivity contribution in [2.24, 2.45) is 0 Å². The van der Waals surface area contributed by atoms with Crippen LogP contribution in [-0.2, 0) is 0 Å². The summed E-state index contributed by atoms with van der Waals surface area (Å²) in [6, 6.07) is 11.0. The fraction of sp³-hybridized carbons (Fsp3) is 0.400. The van der Waals surface area contributed by atoms with Crippen LogP contribution < -0.4 is 10.6 Å². The van der Waals surface area contributed by atoms with Crippen molar-refractivity contribution in [1.29, 1.82) is 0 Å². The lowest BCUT2D eigenvalue weighted by atomic mass is 10.0. The van der Waals surface area contributed by atoms with Crippen LogP contribution in [-0.4, -0.2) is 29.3 Å². The fourth-order valence-electron chi connectivity index (χ4n) is 2.65. The smallest absolute Gasteiger partial charge is 0.156 e. The monoisotopic (exact) mass is 256 g/mol. The van der Waals surface area contributed by atoms with Gasteiger partial charge in [-0.05, 0) is 38.4 Å². The lowest BCUT2D eigenvalue weighted by Crippen LogP contribution is -2.35. The molecular weight excluding hydrogens is 236 g/mol. The molecule has 1 aromatic heterocycles. The highest BCUT2D eigenvalue weighted by Gasteiger charge is 2.17. The molecule has 0 unspecified atom stereocenters. The second-order valence-corrected chi connectivity index (χ2v) is 5.11. The van der Waals surface area contributed by atoms with Gasteiger partial charge in [-0.25, -0.2) is 0 Å². The molecule has 4 heteroatoms. The topological polar surface area (TPSA) is 52.7 Å². The number of rotatable bonds is 3. The molecule has 0 radical (unpaired) electrons. The standard InChI is InChI=1S/C15H20N4/c1-11-14(12-5-3-2-4-6-12)15(19-18-11)17-13-7-9-16-10-8-13/h2-6,13,16H,7-10H2,1H3,(H2,17,18,19). The molecule has 3 rings (SSSR count). The minimum absolute atomic E-state index is 0.520. The van der Waals surface area contributed by atoms with E-state index in [2.05, 4.69) is 52.0 Å². The molecule has 1 aliphatic heterocycles. The van der Waals surface area contributed by atoms with Crippen LogP contribution in [0.4, 0.5) is 5.82 Å². The van der Waals surface area contributed by atoms with Gasteiger partial charge in [-0.15, -0.1) is 0 Å². The molecule has 1 aliphatic rings. The van der Waals surface area contributed by atoms with E-state index in [1.54, 1.807) is 0 Å². The zero-order chi connectivity index (χ0) is 13.1. The van der Waals surface area contributed by atoms with Gasteiger partial charge in [-0.1, -0.05) is 30.3 Å². The molecule has 2 aromatic rings. The zero-order valence-corrected chi connectivity index (χ0v) is 11.2. The Bertz CT molecular complexity index is 526. The van der Waals surface area contributed by atoms with Crippen molar-refractivity contribution in [2.45, 2.75) is 25.8 Å². The number of aryl methyl sites for hydroxylation is 1. The molecule has 0 amide bonds. The van der Waals surface area contributed by atoms with Gasteiger partial charge in [-0.3, -0.25) is 5.10 Å². The van der Waals surface area contributed by atoms with E-state index in [0.717, 1.165) is 37.4 Å². The lowest BCUT2D eigenvalue weighted by molar-refractivity contribution is 0.478. The summed E-state index contributed by atoms with van der Waals surface area (Å²) in [5, 5.41) is 14.5. The number of piperidine rings is 1. The van der Waals surface area contributed by atoms with Crippen molar-refractivity contribution in [2.75, 3.05) is 18.4 Å². The van der Waals surface area contributed by atoms with Gasteiger partial charge < -0.3 is 10.6 Å². The highest BCUT2D eigenvalue weighted by Crippen LogP contribution is 2.30. The Labute approximate surface area is 113 Å². The number of hydrogen-bond acceptors (Lipinski definition) is 3. The van der Waals surface area contributed by atoms with Crippen LogP contribution in [0.2, 0.25) is 0 Å². The van der Waals surface area contributed by atoms with Gasteiger partial charge in [0.05, 0.1) is 0 Å². The minimum Gasteiger partial charge on any atom is -0.365 e. The van der Waals surface area contributed by atoms with Crippen LogP contribution >= 0.6 is 0 Å². The molecule has 0 spiro atoms. The summed E-state index contributed by atoms with van der Waals surface area (Å²) in [5.41, 5.74) is 3.52. The summed E-state index contributed by atoms with van der Waals surface area (Å²) >= 11 is 0. The van der Waals surface area contributed by atoms with E-state index in [-0.39, 0.29) is 0 Å². The maximum Gasteiger partial charge on any atom is 0.156 e. The molecule has 4 nitrogen and oxygen atoms in total. The maximum atomic E-state index is 4.43. The van der Waals surface area contributed by atoms with Crippen molar-refractivity contribution >= 4 is 5.82 Å². The molecule has 0 aliphatic carbocycles. The van der Waals surface area contributed by atoms with Gasteiger partial charge in [0.25, 0.3) is 0 Å². The number of nitrogens with one attached hydrogen (secondary N) is 3. The number of anilines is 1. The van der Waals surface area contributed by atoms with Crippen LogP contribution in [0.25, 0.3) is 11.1 Å². The highest BCUT2D eigenvalue weighted by molar-refractivity contribution is 5.77. The predicted molar refractivity (Wildman–Crippen MR) is 78.3 cm³/mol. The summed E-state index contributed by atoms with van der Waals surface area (Å²) in [7, 11) is 0. The Hall–Kier alpha value is -1.81. The van der Waals surface area contributed by atoms with Gasteiger partial charge in [0.1, 0.15) is 0 Å². The molecule has 3 N–H and O–H groups in total. The van der Waals surface area contributed by atoms with Crippen LogP contribution in [0, 0.1) is 6.92 Å². The van der Waals surface area contributed by atoms with E-state index in [1.807, 2.05) is 6.07 Å². The van der Waals surface area contributed by atoms with Gasteiger partial charge in [0.2, 0.25) is 0 Å². The Balaban J connectivity index is 1.86. The third-order valence-electron chi connectivity index (χ3n) is 3.69. The Morgan fingerprint density at radius 2 is 1.89 bits per heavy atom. The van der Waals surface area contributed by atoms with Crippen molar-refractivity contribution < 1.29 is 0 Å². The molecule has 0 saturated carbocycles. The Morgan fingerprint density at radius 3 is 2.63 bits per heavy atom. The summed E-state index contributed by atoms with van der Waals surface area (Å²) in [4.78, 5) is 0. The fourth-order valence-corrected chi connectivity index (χ4v) is 2.65. The first-order valence-corrected chi connectivity index (χ1v) is 6.92. The van der Waals surface area contributed by atoms with Crippen LogP contribution in [0.1, 0.15) is 18.5 Å². The second kappa shape index (κ2) is 5.45. The van der Waals surface area contributed by atoms with Crippen molar-refractivity contribution in [3.63, 3.8) is 0 Å². The van der Waals surface area contributed by atoms with E-state index in [9.17, 15) is 0 Å². The second-order valence-electron chi connectivity index (χ2n) is 5.11. The summed E-state index contributed by atoms with van der Waals surface area (Å²) in [5.74, 6) is 0.982. The molecule has 1 fully saturated rings. The van der Waals surface area contributed by atoms with E-state index in [0.29, 0.717) is 6.04 Å². The van der Waals surface area contributed by atoms with Gasteiger partial charge >= 0.3 is 0 Å². The van der Waals surface area contributed by atoms with Crippen LogP contribution in [0.3, 0.4) is 0 Å². The maximum absolute atomic E-state index is 4.43. The average molecular weight is 256 g/mol. The number of aromatic amines is 1. The highest BCUT2D eigenvalue weighted by atomic mass is 15.2. The number of hydrogen-bond donors (Lipinski definition) is 3. The van der Waals surface area contributed by atoms with Crippen LogP contribution in [0.15, 0.2) is 30.3 Å². The van der Waals surface area contributed by atoms with E-state index < -0.39 is 0 Å². The Morgan fingerprint density at radius 1 is 1.16 bits per heavy atom. The summed E-state index contributed by atoms with van der Waals surface area (Å²) in [6.07, 6.45) is 2.31. The average Bonchev–Trinajstić information content (AvgIpc) is 2.82. The molecule has 1 saturated heterocycles. The molecule has 19 heavy (non-hydrogen) atoms. The third kappa shape index (κ3) is 2.63. The molecule has 100 valence electrons. The first kappa shape index (κ1) is 12.2. The van der Waals surface area contributed by atoms with Crippen molar-refractivity contribution in [3.05, 3.63) is 36.0 Å². The molecule has 0 atom stereocenters. The van der Waals surface area contributed by atoms with E-state index >= 15 is 0 Å². The molecular formula is C15H20N4.